The van der Waals surface area contributed by atoms with Crippen molar-refractivity contribution in [3.63, 3.8) is 0 Å². The SMILES string of the molecule is CCC(C)OCC1(COC)CC(OCCCO)CC1C. The lowest BCUT2D eigenvalue weighted by molar-refractivity contribution is -0.0582. The largest absolute Gasteiger partial charge is 0.396 e. The lowest BCUT2D eigenvalue weighted by atomic mass is 9.80. The summed E-state index contributed by atoms with van der Waals surface area (Å²) >= 11 is 0. The summed E-state index contributed by atoms with van der Waals surface area (Å²) < 4.78 is 17.3. The van der Waals surface area contributed by atoms with E-state index in [1.807, 2.05) is 0 Å². The van der Waals surface area contributed by atoms with Crippen LogP contribution < -0.4 is 0 Å². The van der Waals surface area contributed by atoms with E-state index in [1.165, 1.54) is 0 Å². The van der Waals surface area contributed by atoms with Gasteiger partial charge in [0.2, 0.25) is 0 Å². The molecule has 0 amide bonds. The first-order valence-electron chi connectivity index (χ1n) is 7.91. The summed E-state index contributed by atoms with van der Waals surface area (Å²) in [6, 6.07) is 0. The van der Waals surface area contributed by atoms with Crippen molar-refractivity contribution in [3.8, 4) is 0 Å². The number of hydrogen-bond donors (Lipinski definition) is 1. The molecule has 1 aliphatic carbocycles. The highest BCUT2D eigenvalue weighted by Crippen LogP contribution is 2.45. The average Bonchev–Trinajstić information content (AvgIpc) is 2.74. The normalized spacial score (nSPS) is 31.6. The minimum atomic E-state index is 0.0715. The van der Waals surface area contributed by atoms with E-state index in [-0.39, 0.29) is 18.1 Å². The van der Waals surface area contributed by atoms with Crippen molar-refractivity contribution in [3.05, 3.63) is 0 Å². The molecule has 0 spiro atoms. The van der Waals surface area contributed by atoms with Crippen LogP contribution >= 0.6 is 0 Å². The first-order valence-corrected chi connectivity index (χ1v) is 7.91. The van der Waals surface area contributed by atoms with Crippen molar-refractivity contribution in [1.29, 1.82) is 0 Å². The number of rotatable bonds is 10. The van der Waals surface area contributed by atoms with E-state index in [0.717, 1.165) is 32.5 Å². The van der Waals surface area contributed by atoms with Crippen LogP contribution in [0.2, 0.25) is 0 Å². The molecule has 1 fully saturated rings. The molecule has 4 nitrogen and oxygen atoms in total. The molecular formula is C16H32O4. The Balaban J connectivity index is 2.55. The van der Waals surface area contributed by atoms with Crippen LogP contribution in [-0.2, 0) is 14.2 Å². The molecule has 1 N–H and O–H groups in total. The smallest absolute Gasteiger partial charge is 0.0585 e. The van der Waals surface area contributed by atoms with Crippen molar-refractivity contribution in [2.24, 2.45) is 11.3 Å². The monoisotopic (exact) mass is 288 g/mol. The van der Waals surface area contributed by atoms with Gasteiger partial charge in [-0.2, -0.15) is 0 Å². The molecule has 0 aromatic carbocycles. The van der Waals surface area contributed by atoms with Crippen LogP contribution in [-0.4, -0.2) is 50.9 Å². The Morgan fingerprint density at radius 3 is 2.70 bits per heavy atom. The van der Waals surface area contributed by atoms with Gasteiger partial charge in [0.25, 0.3) is 0 Å². The summed E-state index contributed by atoms with van der Waals surface area (Å²) in [6.45, 7) is 8.85. The Morgan fingerprint density at radius 1 is 1.35 bits per heavy atom. The zero-order valence-electron chi connectivity index (χ0n) is 13.6. The summed E-state index contributed by atoms with van der Waals surface area (Å²) in [5.74, 6) is 0.533. The number of aliphatic hydroxyl groups is 1. The van der Waals surface area contributed by atoms with E-state index in [4.69, 9.17) is 19.3 Å². The zero-order valence-corrected chi connectivity index (χ0v) is 13.6. The highest BCUT2D eigenvalue weighted by Gasteiger charge is 2.46. The fourth-order valence-electron chi connectivity index (χ4n) is 2.98. The molecule has 0 aromatic heterocycles. The van der Waals surface area contributed by atoms with E-state index in [2.05, 4.69) is 20.8 Å². The Hall–Kier alpha value is -0.160. The Morgan fingerprint density at radius 2 is 2.10 bits per heavy atom. The average molecular weight is 288 g/mol. The second-order valence-electron chi connectivity index (χ2n) is 6.24. The first-order chi connectivity index (χ1) is 9.57. The van der Waals surface area contributed by atoms with Gasteiger partial charge in [-0.25, -0.2) is 0 Å². The van der Waals surface area contributed by atoms with Crippen molar-refractivity contribution >= 4 is 0 Å². The van der Waals surface area contributed by atoms with E-state index < -0.39 is 0 Å². The van der Waals surface area contributed by atoms with Gasteiger partial charge in [-0.1, -0.05) is 13.8 Å². The summed E-state index contributed by atoms with van der Waals surface area (Å²) in [4.78, 5) is 0. The molecule has 1 rings (SSSR count). The molecule has 0 radical (unpaired) electrons. The Labute approximate surface area is 123 Å². The molecule has 1 aliphatic rings. The van der Waals surface area contributed by atoms with Crippen LogP contribution in [0.4, 0.5) is 0 Å². The quantitative estimate of drug-likeness (QED) is 0.628. The predicted molar refractivity (Wildman–Crippen MR) is 79.9 cm³/mol. The molecule has 1 saturated carbocycles. The molecule has 20 heavy (non-hydrogen) atoms. The molecule has 4 atom stereocenters. The maximum Gasteiger partial charge on any atom is 0.0585 e. The van der Waals surface area contributed by atoms with Crippen LogP contribution in [0.3, 0.4) is 0 Å². The molecular weight excluding hydrogens is 256 g/mol. The highest BCUT2D eigenvalue weighted by molar-refractivity contribution is 4.95. The van der Waals surface area contributed by atoms with Crippen LogP contribution in [0.25, 0.3) is 0 Å². The molecule has 0 bridgehead atoms. The van der Waals surface area contributed by atoms with Gasteiger partial charge < -0.3 is 19.3 Å². The number of ether oxygens (including phenoxy) is 3. The van der Waals surface area contributed by atoms with Crippen molar-refractivity contribution < 1.29 is 19.3 Å². The lowest BCUT2D eigenvalue weighted by Crippen LogP contribution is -2.36. The van der Waals surface area contributed by atoms with Crippen LogP contribution in [0.15, 0.2) is 0 Å². The van der Waals surface area contributed by atoms with Gasteiger partial charge in [0.15, 0.2) is 0 Å². The second-order valence-corrected chi connectivity index (χ2v) is 6.24. The van der Waals surface area contributed by atoms with E-state index in [1.54, 1.807) is 7.11 Å². The second kappa shape index (κ2) is 8.98. The lowest BCUT2D eigenvalue weighted by Gasteiger charge is -2.33. The molecule has 0 aliphatic heterocycles. The number of aliphatic hydroxyl groups excluding tert-OH is 1. The van der Waals surface area contributed by atoms with E-state index in [0.29, 0.717) is 25.0 Å². The van der Waals surface area contributed by atoms with Crippen molar-refractivity contribution in [2.75, 3.05) is 33.5 Å². The number of methoxy groups -OCH3 is 1. The molecule has 0 aromatic rings. The molecule has 4 heteroatoms. The van der Waals surface area contributed by atoms with Gasteiger partial charge >= 0.3 is 0 Å². The minimum Gasteiger partial charge on any atom is -0.396 e. The van der Waals surface area contributed by atoms with Gasteiger partial charge in [-0.3, -0.25) is 0 Å². The minimum absolute atomic E-state index is 0.0715. The Bertz CT molecular complexity index is 259. The molecule has 120 valence electrons. The Kier molecular flexibility index (Phi) is 8.03. The van der Waals surface area contributed by atoms with E-state index in [9.17, 15) is 0 Å². The van der Waals surface area contributed by atoms with Crippen LogP contribution in [0.1, 0.15) is 46.5 Å². The summed E-state index contributed by atoms with van der Waals surface area (Å²) in [7, 11) is 1.76. The van der Waals surface area contributed by atoms with Gasteiger partial charge in [0.05, 0.1) is 25.4 Å². The maximum absolute atomic E-state index is 8.83. The summed E-state index contributed by atoms with van der Waals surface area (Å²) in [6.07, 6.45) is 4.36. The third-order valence-corrected chi connectivity index (χ3v) is 4.61. The summed E-state index contributed by atoms with van der Waals surface area (Å²) in [5, 5.41) is 8.83. The zero-order chi connectivity index (χ0) is 15.0. The standard InChI is InChI=1S/C16H32O4/c1-5-14(3)20-12-16(11-18-4)10-15(9-13(16)2)19-8-6-7-17/h13-15,17H,5-12H2,1-4H3. The fourth-order valence-corrected chi connectivity index (χ4v) is 2.98. The molecule has 0 saturated heterocycles. The third kappa shape index (κ3) is 4.99. The molecule has 4 unspecified atom stereocenters. The van der Waals surface area contributed by atoms with Gasteiger partial charge in [0.1, 0.15) is 0 Å². The van der Waals surface area contributed by atoms with Crippen LogP contribution in [0.5, 0.6) is 0 Å². The van der Waals surface area contributed by atoms with Crippen LogP contribution in [0, 0.1) is 11.3 Å². The van der Waals surface area contributed by atoms with E-state index >= 15 is 0 Å². The third-order valence-electron chi connectivity index (χ3n) is 4.61. The fraction of sp³-hybridized carbons (Fsp3) is 1.00. The molecule has 0 heterocycles. The van der Waals surface area contributed by atoms with Gasteiger partial charge in [-0.15, -0.1) is 0 Å². The van der Waals surface area contributed by atoms with Crippen molar-refractivity contribution in [1.82, 2.24) is 0 Å². The van der Waals surface area contributed by atoms with Crippen molar-refractivity contribution in [2.45, 2.75) is 58.7 Å². The number of hydrogen-bond acceptors (Lipinski definition) is 4. The van der Waals surface area contributed by atoms with Gasteiger partial charge in [-0.05, 0) is 38.5 Å². The maximum atomic E-state index is 8.83. The highest BCUT2D eigenvalue weighted by atomic mass is 16.5. The van der Waals surface area contributed by atoms with Gasteiger partial charge in [0, 0.05) is 25.7 Å². The predicted octanol–water partition coefficient (Wildman–Crippen LogP) is 2.63. The summed E-state index contributed by atoms with van der Waals surface area (Å²) in [5.41, 5.74) is 0.0715. The first kappa shape index (κ1) is 17.9. The topological polar surface area (TPSA) is 47.9 Å².